The first-order valence-electron chi connectivity index (χ1n) is 7.33. The van der Waals surface area contributed by atoms with E-state index in [9.17, 15) is 0 Å². The van der Waals surface area contributed by atoms with E-state index in [1.807, 2.05) is 12.1 Å². The number of phenols is 1. The van der Waals surface area contributed by atoms with E-state index in [1.54, 1.807) is 12.1 Å². The number of rotatable bonds is 7. The molecule has 0 heterocycles. The van der Waals surface area contributed by atoms with E-state index in [0.29, 0.717) is 5.75 Å². The maximum atomic E-state index is 9.13. The summed E-state index contributed by atoms with van der Waals surface area (Å²) in [5.74, 6) is 0.363. The molecule has 0 fully saturated rings. The fraction of sp³-hybridized carbons (Fsp3) is 0.647. The van der Waals surface area contributed by atoms with Crippen LogP contribution in [0.4, 0.5) is 0 Å². The van der Waals surface area contributed by atoms with Gasteiger partial charge in [-0.1, -0.05) is 51.2 Å². The molecule has 133 valence electrons. The van der Waals surface area contributed by atoms with E-state index in [-0.39, 0.29) is 16.5 Å². The molecular weight excluding hydrogens is 327 g/mol. The third-order valence-corrected chi connectivity index (χ3v) is 2.76. The molecule has 1 radical (unpaired) electrons. The minimum Gasteiger partial charge on any atom is -0.857 e. The third-order valence-electron chi connectivity index (χ3n) is 2.76. The molecular formula is C17H31NiO4. The Morgan fingerprint density at radius 1 is 0.727 bits per heavy atom. The number of benzene rings is 1. The summed E-state index contributed by atoms with van der Waals surface area (Å²) in [6.07, 6.45) is 9.19. The molecule has 0 aliphatic carbocycles. The van der Waals surface area contributed by atoms with Gasteiger partial charge in [-0.3, -0.25) is 0 Å². The van der Waals surface area contributed by atoms with Crippen LogP contribution < -0.4 is 15.3 Å². The minimum absolute atomic E-state index is 0. The molecule has 1 aromatic carbocycles. The van der Waals surface area contributed by atoms with Crippen LogP contribution >= 0.6 is 0 Å². The first-order chi connectivity index (χ1) is 10.3. The Bertz CT molecular complexity index is 266. The molecule has 0 unspecified atom stereocenters. The van der Waals surface area contributed by atoms with E-state index >= 15 is 0 Å². The largest absolute Gasteiger partial charge is 3.00 e. The van der Waals surface area contributed by atoms with Gasteiger partial charge in [0.2, 0.25) is 0 Å². The van der Waals surface area contributed by atoms with Gasteiger partial charge in [0.05, 0.1) is 0 Å². The Labute approximate surface area is 146 Å². The molecule has 0 amide bonds. The topological polar surface area (TPSA) is 89.4 Å². The summed E-state index contributed by atoms with van der Waals surface area (Å²) in [5.41, 5.74) is 1.34. The zero-order valence-corrected chi connectivity index (χ0v) is 15.2. The van der Waals surface area contributed by atoms with Gasteiger partial charge in [-0.25, -0.2) is 0 Å². The maximum absolute atomic E-state index is 9.13. The molecule has 0 aliphatic rings. The third kappa shape index (κ3) is 21.7. The van der Waals surface area contributed by atoms with Gasteiger partial charge < -0.3 is 20.4 Å². The van der Waals surface area contributed by atoms with E-state index in [0.717, 1.165) is 27.8 Å². The van der Waals surface area contributed by atoms with Crippen molar-refractivity contribution in [2.75, 3.05) is 21.3 Å². The number of hydrogen-bond acceptors (Lipinski definition) is 4. The van der Waals surface area contributed by atoms with Crippen LogP contribution in [0.15, 0.2) is 24.3 Å². The minimum atomic E-state index is 0. The van der Waals surface area contributed by atoms with Crippen molar-refractivity contribution in [1.82, 2.24) is 0 Å². The van der Waals surface area contributed by atoms with Crippen LogP contribution in [0.1, 0.15) is 51.0 Å². The fourth-order valence-corrected chi connectivity index (χ4v) is 1.77. The van der Waals surface area contributed by atoms with Crippen LogP contribution in [0.5, 0.6) is 5.75 Å². The van der Waals surface area contributed by atoms with Crippen molar-refractivity contribution in [2.45, 2.75) is 51.9 Å². The van der Waals surface area contributed by atoms with Crippen molar-refractivity contribution >= 4 is 0 Å². The van der Waals surface area contributed by atoms with Gasteiger partial charge in [0, 0.05) is 0 Å². The molecule has 0 bridgehead atoms. The number of aryl methyl sites for hydroxylation is 1. The summed E-state index contributed by atoms with van der Waals surface area (Å²) in [7, 11) is 2.25. The average molecular weight is 358 g/mol. The van der Waals surface area contributed by atoms with Crippen LogP contribution in [0.2, 0.25) is 0 Å². The Morgan fingerprint density at radius 3 is 1.59 bits per heavy atom. The van der Waals surface area contributed by atoms with Crippen molar-refractivity contribution in [2.24, 2.45) is 0 Å². The van der Waals surface area contributed by atoms with Gasteiger partial charge >= 0.3 is 16.5 Å². The van der Waals surface area contributed by atoms with Crippen molar-refractivity contribution in [3.8, 4) is 5.75 Å². The molecule has 0 aromatic heterocycles. The van der Waals surface area contributed by atoms with Gasteiger partial charge in [-0.05, 0) is 30.5 Å². The van der Waals surface area contributed by atoms with Crippen LogP contribution in [-0.2, 0) is 22.9 Å². The summed E-state index contributed by atoms with van der Waals surface area (Å²) in [4.78, 5) is 0. The number of unbranched alkanes of at least 4 members (excludes halogenated alkanes) is 5. The number of aromatic hydroxyl groups is 1. The van der Waals surface area contributed by atoms with Crippen LogP contribution in [-0.4, -0.2) is 26.4 Å². The molecule has 1 N–H and O–H groups in total. The molecule has 0 saturated heterocycles. The molecule has 4 nitrogen and oxygen atoms in total. The van der Waals surface area contributed by atoms with E-state index in [1.165, 1.54) is 44.1 Å². The summed E-state index contributed by atoms with van der Waals surface area (Å²) < 4.78 is 0. The second kappa shape index (κ2) is 28.5. The molecule has 0 aliphatic heterocycles. The van der Waals surface area contributed by atoms with Crippen molar-refractivity contribution in [3.63, 3.8) is 0 Å². The van der Waals surface area contributed by atoms with Crippen LogP contribution in [0.25, 0.3) is 0 Å². The van der Waals surface area contributed by atoms with Crippen LogP contribution in [0, 0.1) is 0 Å². The van der Waals surface area contributed by atoms with Crippen molar-refractivity contribution in [3.05, 3.63) is 29.8 Å². The second-order valence-corrected chi connectivity index (χ2v) is 4.18. The molecule has 0 spiro atoms. The molecule has 0 saturated carbocycles. The van der Waals surface area contributed by atoms with Gasteiger partial charge in [-0.15, -0.1) is 0 Å². The van der Waals surface area contributed by atoms with Gasteiger partial charge in [0.1, 0.15) is 5.75 Å². The zero-order chi connectivity index (χ0) is 16.9. The van der Waals surface area contributed by atoms with Gasteiger partial charge in [-0.2, -0.15) is 21.3 Å². The fourth-order valence-electron chi connectivity index (χ4n) is 1.77. The Kier molecular flexibility index (Phi) is 38.2. The van der Waals surface area contributed by atoms with E-state index in [2.05, 4.69) is 6.92 Å². The molecule has 0 atom stereocenters. The molecule has 5 heteroatoms. The molecule has 1 aromatic rings. The quantitative estimate of drug-likeness (QED) is 0.586. The van der Waals surface area contributed by atoms with E-state index < -0.39 is 0 Å². The SMILES string of the molecule is CCCCCCCCc1ccc(O)cc1.C[O-].C[O-].C[O-].[Ni+3]. The predicted octanol–water partition coefficient (Wildman–Crippen LogP) is 1.22. The summed E-state index contributed by atoms with van der Waals surface area (Å²) >= 11 is 0. The molecule has 22 heavy (non-hydrogen) atoms. The normalized spacial score (nSPS) is 7.95. The zero-order valence-electron chi connectivity index (χ0n) is 14.2. The number of hydrogen-bond donors (Lipinski definition) is 1. The van der Waals surface area contributed by atoms with Crippen LogP contribution in [0.3, 0.4) is 0 Å². The maximum Gasteiger partial charge on any atom is 3.00 e. The van der Waals surface area contributed by atoms with E-state index in [4.69, 9.17) is 20.4 Å². The van der Waals surface area contributed by atoms with Crippen molar-refractivity contribution in [1.29, 1.82) is 0 Å². The smallest absolute Gasteiger partial charge is 0.857 e. The summed E-state index contributed by atoms with van der Waals surface area (Å²) in [5, 5.41) is 33.9. The predicted molar refractivity (Wildman–Crippen MR) is 83.0 cm³/mol. The standard InChI is InChI=1S/C14H22O.3CH3O.Ni/c1-2-3-4-5-6-7-8-13-9-11-14(15)12-10-13;3*1-2;/h9-12,15H,2-8H2,1H3;3*1H3;/q;3*-1;+3. The second-order valence-electron chi connectivity index (χ2n) is 4.18. The Balaban J connectivity index is -0.000000206. The van der Waals surface area contributed by atoms with Crippen molar-refractivity contribution < 1.29 is 36.9 Å². The van der Waals surface area contributed by atoms with Gasteiger partial charge in [0.25, 0.3) is 0 Å². The number of phenolic OH excluding ortho intramolecular Hbond substituents is 1. The first kappa shape index (κ1) is 29.4. The summed E-state index contributed by atoms with van der Waals surface area (Å²) in [6, 6.07) is 7.57. The average Bonchev–Trinajstić information content (AvgIpc) is 2.58. The Hall–Kier alpha value is -0.606. The molecule has 1 rings (SSSR count). The van der Waals surface area contributed by atoms with Gasteiger partial charge in [0.15, 0.2) is 0 Å². The monoisotopic (exact) mass is 357 g/mol. The summed E-state index contributed by atoms with van der Waals surface area (Å²) in [6.45, 7) is 2.25. The Morgan fingerprint density at radius 2 is 1.14 bits per heavy atom. The first-order valence-corrected chi connectivity index (χ1v) is 7.33.